The average molecular weight is 288 g/mol. The van der Waals surface area contributed by atoms with Gasteiger partial charge in [0.25, 0.3) is 0 Å². The quantitative estimate of drug-likeness (QED) is 0.920. The number of pyridine rings is 1. The molecule has 112 valence electrons. The van der Waals surface area contributed by atoms with E-state index in [1.165, 1.54) is 5.69 Å². The Labute approximate surface area is 124 Å². The molecule has 1 fully saturated rings. The van der Waals surface area contributed by atoms with Gasteiger partial charge in [0.15, 0.2) is 0 Å². The van der Waals surface area contributed by atoms with Gasteiger partial charge in [0.2, 0.25) is 0 Å². The molecule has 0 radical (unpaired) electrons. The van der Waals surface area contributed by atoms with Gasteiger partial charge in [-0.1, -0.05) is 0 Å². The van der Waals surface area contributed by atoms with Gasteiger partial charge < -0.3 is 14.7 Å². The maximum Gasteiger partial charge on any atom is 0.138 e. The summed E-state index contributed by atoms with van der Waals surface area (Å²) in [6, 6.07) is 3.66. The van der Waals surface area contributed by atoms with E-state index < -0.39 is 0 Å². The van der Waals surface area contributed by atoms with E-state index in [1.54, 1.807) is 12.3 Å². The van der Waals surface area contributed by atoms with Crippen molar-refractivity contribution in [3.8, 4) is 5.75 Å². The first kappa shape index (κ1) is 13.9. The molecule has 0 spiro atoms. The molecule has 0 saturated carbocycles. The zero-order chi connectivity index (χ0) is 14.7. The molecule has 3 rings (SSSR count). The van der Waals surface area contributed by atoms with Crippen LogP contribution in [-0.2, 0) is 13.7 Å². The first-order valence-corrected chi connectivity index (χ1v) is 7.20. The van der Waals surface area contributed by atoms with Gasteiger partial charge in [-0.2, -0.15) is 5.10 Å². The van der Waals surface area contributed by atoms with E-state index in [-0.39, 0.29) is 12.7 Å². The van der Waals surface area contributed by atoms with Gasteiger partial charge in [0, 0.05) is 39.2 Å². The number of ether oxygens (including phenoxy) is 1. The number of hydrogen-bond donors (Lipinski definition) is 1. The molecular formula is C15H20N4O2. The van der Waals surface area contributed by atoms with Crippen LogP contribution in [0.3, 0.4) is 0 Å². The summed E-state index contributed by atoms with van der Waals surface area (Å²) in [5.74, 6) is 0.770. The molecule has 21 heavy (non-hydrogen) atoms. The first-order valence-electron chi connectivity index (χ1n) is 7.20. The van der Waals surface area contributed by atoms with Gasteiger partial charge in [-0.3, -0.25) is 9.67 Å². The van der Waals surface area contributed by atoms with Crippen LogP contribution in [0.4, 0.5) is 5.69 Å². The lowest BCUT2D eigenvalue weighted by Gasteiger charge is -2.32. The van der Waals surface area contributed by atoms with Crippen molar-refractivity contribution >= 4 is 5.69 Å². The van der Waals surface area contributed by atoms with Crippen molar-refractivity contribution in [3.63, 3.8) is 0 Å². The summed E-state index contributed by atoms with van der Waals surface area (Å²) in [6.07, 6.45) is 7.81. The Morgan fingerprint density at radius 2 is 2.10 bits per heavy atom. The summed E-state index contributed by atoms with van der Waals surface area (Å²) in [5, 5.41) is 13.2. The fourth-order valence-corrected chi connectivity index (χ4v) is 2.57. The van der Waals surface area contributed by atoms with Crippen LogP contribution in [0.2, 0.25) is 0 Å². The smallest absolute Gasteiger partial charge is 0.138 e. The maximum absolute atomic E-state index is 8.97. The molecule has 0 amide bonds. The van der Waals surface area contributed by atoms with Gasteiger partial charge >= 0.3 is 0 Å². The molecular weight excluding hydrogens is 268 g/mol. The number of nitrogens with zero attached hydrogens (tertiary/aromatic N) is 4. The second-order valence-electron chi connectivity index (χ2n) is 5.32. The lowest BCUT2D eigenvalue weighted by molar-refractivity contribution is 0.170. The number of aryl methyl sites for hydroxylation is 1. The van der Waals surface area contributed by atoms with Crippen LogP contribution in [0.5, 0.6) is 5.75 Å². The van der Waals surface area contributed by atoms with Crippen molar-refractivity contribution in [2.24, 2.45) is 7.05 Å². The predicted octanol–water partition coefficient (Wildman–Crippen LogP) is 1.36. The second-order valence-corrected chi connectivity index (χ2v) is 5.32. The average Bonchev–Trinajstić information content (AvgIpc) is 2.95. The lowest BCUT2D eigenvalue weighted by Crippen LogP contribution is -2.38. The van der Waals surface area contributed by atoms with E-state index in [2.05, 4.69) is 15.0 Å². The number of aliphatic hydroxyl groups excluding tert-OH is 1. The summed E-state index contributed by atoms with van der Waals surface area (Å²) in [6.45, 7) is 1.90. The molecule has 1 aliphatic heterocycles. The Morgan fingerprint density at radius 3 is 2.67 bits per heavy atom. The summed E-state index contributed by atoms with van der Waals surface area (Å²) in [7, 11) is 1.93. The molecule has 3 heterocycles. The number of anilines is 1. The highest BCUT2D eigenvalue weighted by Crippen LogP contribution is 2.22. The lowest BCUT2D eigenvalue weighted by atomic mass is 10.1. The Balaban J connectivity index is 1.53. The van der Waals surface area contributed by atoms with Gasteiger partial charge in [0.1, 0.15) is 11.9 Å². The van der Waals surface area contributed by atoms with Crippen LogP contribution in [0.15, 0.2) is 30.7 Å². The molecule has 0 bridgehead atoms. The third kappa shape index (κ3) is 3.33. The minimum Gasteiger partial charge on any atom is -0.489 e. The van der Waals surface area contributed by atoms with Gasteiger partial charge in [-0.15, -0.1) is 0 Å². The topological polar surface area (TPSA) is 63.4 Å². The van der Waals surface area contributed by atoms with Crippen LogP contribution in [0.1, 0.15) is 18.5 Å². The van der Waals surface area contributed by atoms with Crippen molar-refractivity contribution in [3.05, 3.63) is 36.4 Å². The molecule has 2 aromatic heterocycles. The summed E-state index contributed by atoms with van der Waals surface area (Å²) >= 11 is 0. The zero-order valence-corrected chi connectivity index (χ0v) is 12.1. The molecule has 0 atom stereocenters. The minimum atomic E-state index is -0.0379. The highest BCUT2D eigenvalue weighted by atomic mass is 16.5. The van der Waals surface area contributed by atoms with E-state index in [0.29, 0.717) is 5.69 Å². The Kier molecular flexibility index (Phi) is 4.06. The van der Waals surface area contributed by atoms with Gasteiger partial charge in [0.05, 0.1) is 30.4 Å². The fraction of sp³-hybridized carbons (Fsp3) is 0.467. The number of piperidine rings is 1. The van der Waals surface area contributed by atoms with Crippen molar-refractivity contribution in [2.75, 3.05) is 18.0 Å². The van der Waals surface area contributed by atoms with Crippen LogP contribution in [-0.4, -0.2) is 39.1 Å². The van der Waals surface area contributed by atoms with Crippen molar-refractivity contribution in [1.82, 2.24) is 14.8 Å². The maximum atomic E-state index is 8.97. The molecule has 1 saturated heterocycles. The van der Waals surface area contributed by atoms with E-state index in [0.717, 1.165) is 31.7 Å². The highest BCUT2D eigenvalue weighted by molar-refractivity contribution is 5.42. The number of aliphatic hydroxyl groups is 1. The Morgan fingerprint density at radius 1 is 1.29 bits per heavy atom. The second kappa shape index (κ2) is 6.13. The fourth-order valence-electron chi connectivity index (χ4n) is 2.57. The monoisotopic (exact) mass is 288 g/mol. The van der Waals surface area contributed by atoms with Gasteiger partial charge in [-0.05, 0) is 12.1 Å². The largest absolute Gasteiger partial charge is 0.489 e. The van der Waals surface area contributed by atoms with E-state index >= 15 is 0 Å². The zero-order valence-electron chi connectivity index (χ0n) is 12.1. The van der Waals surface area contributed by atoms with Crippen molar-refractivity contribution in [2.45, 2.75) is 25.6 Å². The van der Waals surface area contributed by atoms with Crippen molar-refractivity contribution in [1.29, 1.82) is 0 Å². The van der Waals surface area contributed by atoms with Crippen LogP contribution in [0, 0.1) is 0 Å². The van der Waals surface area contributed by atoms with Crippen LogP contribution >= 0.6 is 0 Å². The Bertz CT molecular complexity index is 574. The summed E-state index contributed by atoms with van der Waals surface area (Å²) < 4.78 is 7.78. The number of rotatable bonds is 4. The SMILES string of the molecule is Cn1cc(N2CCC(Oc3ccc(CO)nc3)CC2)cn1. The molecule has 6 heteroatoms. The molecule has 1 aliphatic rings. The number of aromatic nitrogens is 3. The third-order valence-electron chi connectivity index (χ3n) is 3.76. The third-order valence-corrected chi connectivity index (χ3v) is 3.76. The first-order chi connectivity index (χ1) is 10.2. The van der Waals surface area contributed by atoms with E-state index in [9.17, 15) is 0 Å². The van der Waals surface area contributed by atoms with E-state index in [1.807, 2.05) is 30.2 Å². The highest BCUT2D eigenvalue weighted by Gasteiger charge is 2.21. The van der Waals surface area contributed by atoms with Crippen LogP contribution < -0.4 is 9.64 Å². The number of hydrogen-bond acceptors (Lipinski definition) is 5. The minimum absolute atomic E-state index is 0.0379. The van der Waals surface area contributed by atoms with Crippen molar-refractivity contribution < 1.29 is 9.84 Å². The van der Waals surface area contributed by atoms with E-state index in [4.69, 9.17) is 9.84 Å². The van der Waals surface area contributed by atoms with Gasteiger partial charge in [-0.25, -0.2) is 0 Å². The summed E-state index contributed by atoms with van der Waals surface area (Å²) in [5.41, 5.74) is 1.83. The molecule has 0 unspecified atom stereocenters. The predicted molar refractivity (Wildman–Crippen MR) is 79.2 cm³/mol. The Hall–Kier alpha value is -2.08. The standard InChI is InChI=1S/C15H20N4O2/c1-18-10-13(8-17-18)19-6-4-14(5-7-19)21-15-3-2-12(11-20)16-9-15/h2-3,8-10,14,20H,4-7,11H2,1H3. The molecule has 1 N–H and O–H groups in total. The summed E-state index contributed by atoms with van der Waals surface area (Å²) in [4.78, 5) is 6.46. The molecule has 2 aromatic rings. The van der Waals surface area contributed by atoms with Crippen LogP contribution in [0.25, 0.3) is 0 Å². The molecule has 0 aliphatic carbocycles. The molecule has 0 aromatic carbocycles. The normalized spacial score (nSPS) is 16.2. The molecule has 6 nitrogen and oxygen atoms in total.